The van der Waals surface area contributed by atoms with Gasteiger partial charge < -0.3 is 14.1 Å². The molecule has 0 aliphatic heterocycles. The van der Waals surface area contributed by atoms with Crippen molar-refractivity contribution in [1.29, 1.82) is 0 Å². The van der Waals surface area contributed by atoms with Gasteiger partial charge in [-0.2, -0.15) is 0 Å². The van der Waals surface area contributed by atoms with E-state index in [1.807, 2.05) is 29.8 Å². The fourth-order valence-corrected chi connectivity index (χ4v) is 3.06. The average molecular weight is 305 g/mol. The van der Waals surface area contributed by atoms with E-state index in [2.05, 4.69) is 4.98 Å². The topological polar surface area (TPSA) is 73.2 Å². The summed E-state index contributed by atoms with van der Waals surface area (Å²) in [6.07, 6.45) is 1.65. The molecule has 1 N–H and O–H groups in total. The van der Waals surface area contributed by atoms with Crippen molar-refractivity contribution in [3.63, 3.8) is 0 Å². The van der Waals surface area contributed by atoms with Crippen LogP contribution in [-0.2, 0) is 20.2 Å². The Hall–Kier alpha value is -1.99. The third kappa shape index (κ3) is 2.62. The number of aromatic nitrogens is 3. The highest BCUT2D eigenvalue weighted by atomic mass is 32.2. The van der Waals surface area contributed by atoms with Crippen molar-refractivity contribution in [2.45, 2.75) is 18.3 Å². The minimum absolute atomic E-state index is 0.0319. The van der Waals surface area contributed by atoms with E-state index >= 15 is 0 Å². The number of aliphatic hydroxyl groups excluding tert-OH is 1. The number of benzene rings is 1. The first kappa shape index (κ1) is 14.0. The molecule has 0 spiro atoms. The van der Waals surface area contributed by atoms with Crippen molar-refractivity contribution < 1.29 is 9.52 Å². The van der Waals surface area contributed by atoms with Crippen molar-refractivity contribution in [2.24, 2.45) is 7.05 Å². The van der Waals surface area contributed by atoms with E-state index in [0.29, 0.717) is 17.9 Å². The van der Waals surface area contributed by atoms with Crippen LogP contribution in [0.3, 0.4) is 0 Å². The van der Waals surface area contributed by atoms with E-state index in [-0.39, 0.29) is 12.4 Å². The molecule has 0 bridgehead atoms. The Labute approximate surface area is 125 Å². The number of oxazole rings is 1. The summed E-state index contributed by atoms with van der Waals surface area (Å²) in [5.74, 6) is 0.354. The fourth-order valence-electron chi connectivity index (χ4n) is 2.16. The average Bonchev–Trinajstić information content (AvgIpc) is 3.00. The summed E-state index contributed by atoms with van der Waals surface area (Å²) in [5.41, 5.74) is 2.18. The molecule has 0 fully saturated rings. The Bertz CT molecular complexity index is 818. The summed E-state index contributed by atoms with van der Waals surface area (Å²) in [7, 11) is 1.86. The molecule has 0 saturated carbocycles. The number of para-hydroxylation sites is 2. The first-order chi connectivity index (χ1) is 10.2. The van der Waals surface area contributed by atoms with Crippen LogP contribution in [0, 0.1) is 0 Å². The maximum atomic E-state index is 11.8. The molecule has 0 aliphatic carbocycles. The van der Waals surface area contributed by atoms with Gasteiger partial charge >= 0.3 is 5.76 Å². The molecule has 6 nitrogen and oxygen atoms in total. The third-order valence-electron chi connectivity index (χ3n) is 3.32. The number of thioether (sulfide) groups is 1. The molecule has 0 saturated heterocycles. The van der Waals surface area contributed by atoms with Gasteiger partial charge in [0.25, 0.3) is 0 Å². The number of nitrogens with zero attached hydrogens (tertiary/aromatic N) is 3. The Morgan fingerprint density at radius 1 is 1.38 bits per heavy atom. The Kier molecular flexibility index (Phi) is 3.85. The second-order valence-corrected chi connectivity index (χ2v) is 5.65. The quantitative estimate of drug-likeness (QED) is 0.725. The molecule has 21 heavy (non-hydrogen) atoms. The number of rotatable bonds is 5. The highest BCUT2D eigenvalue weighted by Crippen LogP contribution is 2.18. The van der Waals surface area contributed by atoms with Gasteiger partial charge in [0.05, 0.1) is 24.0 Å². The van der Waals surface area contributed by atoms with Gasteiger partial charge in [-0.1, -0.05) is 23.9 Å². The lowest BCUT2D eigenvalue weighted by Crippen LogP contribution is -2.15. The molecule has 2 heterocycles. The highest BCUT2D eigenvalue weighted by molar-refractivity contribution is 7.99. The zero-order chi connectivity index (χ0) is 14.8. The van der Waals surface area contributed by atoms with Gasteiger partial charge in [-0.15, -0.1) is 0 Å². The number of hydrogen-bond acceptors (Lipinski definition) is 5. The zero-order valence-corrected chi connectivity index (χ0v) is 12.3. The molecular formula is C14H15N3O3S. The van der Waals surface area contributed by atoms with Crippen LogP contribution in [0.15, 0.2) is 44.8 Å². The second-order valence-electron chi connectivity index (χ2n) is 4.59. The number of imidazole rings is 1. The molecule has 0 unspecified atom stereocenters. The van der Waals surface area contributed by atoms with Crippen LogP contribution in [0.25, 0.3) is 11.1 Å². The molecule has 0 aliphatic rings. The summed E-state index contributed by atoms with van der Waals surface area (Å²) in [6, 6.07) is 7.38. The molecule has 1 aromatic carbocycles. The Morgan fingerprint density at radius 2 is 2.19 bits per heavy atom. The Balaban J connectivity index is 1.73. The normalized spacial score (nSPS) is 11.3. The summed E-state index contributed by atoms with van der Waals surface area (Å²) < 4.78 is 8.66. The lowest BCUT2D eigenvalue weighted by molar-refractivity contribution is 0.271. The molecule has 0 amide bonds. The fraction of sp³-hybridized carbons (Fsp3) is 0.286. The van der Waals surface area contributed by atoms with Crippen molar-refractivity contribution in [3.8, 4) is 0 Å². The van der Waals surface area contributed by atoms with Gasteiger partial charge in [-0.3, -0.25) is 4.57 Å². The molecule has 110 valence electrons. The van der Waals surface area contributed by atoms with Crippen molar-refractivity contribution in [2.75, 3.05) is 5.75 Å². The van der Waals surface area contributed by atoms with Crippen LogP contribution in [0.1, 0.15) is 5.69 Å². The van der Waals surface area contributed by atoms with Crippen LogP contribution < -0.4 is 5.76 Å². The van der Waals surface area contributed by atoms with E-state index < -0.39 is 0 Å². The molecule has 3 aromatic rings. The van der Waals surface area contributed by atoms with E-state index in [1.54, 1.807) is 16.8 Å². The summed E-state index contributed by atoms with van der Waals surface area (Å²) >= 11 is 1.54. The maximum absolute atomic E-state index is 11.8. The van der Waals surface area contributed by atoms with Crippen molar-refractivity contribution >= 4 is 22.9 Å². The van der Waals surface area contributed by atoms with E-state index in [0.717, 1.165) is 16.4 Å². The molecule has 0 radical (unpaired) electrons. The minimum atomic E-state index is -0.340. The molecule has 3 rings (SSSR count). The number of fused-ring (bicyclic) bond motifs is 1. The van der Waals surface area contributed by atoms with Gasteiger partial charge in [0.1, 0.15) is 0 Å². The molecular weight excluding hydrogens is 290 g/mol. The standard InChI is InChI=1S/C14H15N3O3S/c1-16-10(9-18)8-15-13(16)21-7-6-17-11-4-2-3-5-12(11)20-14(17)19/h2-5,8,18H,6-7,9H2,1H3. The minimum Gasteiger partial charge on any atom is -0.408 e. The van der Waals surface area contributed by atoms with E-state index in [4.69, 9.17) is 9.52 Å². The second kappa shape index (κ2) is 5.79. The van der Waals surface area contributed by atoms with Crippen molar-refractivity contribution in [3.05, 3.63) is 46.7 Å². The van der Waals surface area contributed by atoms with Gasteiger partial charge in [0.2, 0.25) is 0 Å². The number of hydrogen-bond donors (Lipinski definition) is 1. The van der Waals surface area contributed by atoms with Crippen LogP contribution in [-0.4, -0.2) is 25.0 Å². The van der Waals surface area contributed by atoms with Crippen LogP contribution in [0.4, 0.5) is 0 Å². The summed E-state index contributed by atoms with van der Waals surface area (Å²) in [6.45, 7) is 0.512. The third-order valence-corrected chi connectivity index (χ3v) is 4.35. The van der Waals surface area contributed by atoms with Crippen LogP contribution in [0.2, 0.25) is 0 Å². The first-order valence-corrected chi connectivity index (χ1v) is 7.52. The lowest BCUT2D eigenvalue weighted by Gasteiger charge is -2.04. The van der Waals surface area contributed by atoms with Gasteiger partial charge in [-0.25, -0.2) is 9.78 Å². The lowest BCUT2D eigenvalue weighted by atomic mass is 10.3. The van der Waals surface area contributed by atoms with Gasteiger partial charge in [0.15, 0.2) is 10.7 Å². The first-order valence-electron chi connectivity index (χ1n) is 6.53. The van der Waals surface area contributed by atoms with Crippen LogP contribution in [0.5, 0.6) is 0 Å². The molecule has 2 aromatic heterocycles. The van der Waals surface area contributed by atoms with E-state index in [9.17, 15) is 4.79 Å². The number of aliphatic hydroxyl groups is 1. The maximum Gasteiger partial charge on any atom is 0.419 e. The largest absolute Gasteiger partial charge is 0.419 e. The monoisotopic (exact) mass is 305 g/mol. The Morgan fingerprint density at radius 3 is 2.95 bits per heavy atom. The zero-order valence-electron chi connectivity index (χ0n) is 11.5. The predicted octanol–water partition coefficient (Wildman–Crippen LogP) is 1.61. The molecule has 0 atom stereocenters. The van der Waals surface area contributed by atoms with Crippen molar-refractivity contribution in [1.82, 2.24) is 14.1 Å². The SMILES string of the molecule is Cn1c(CO)cnc1SCCn1c(=O)oc2ccccc21. The summed E-state index contributed by atoms with van der Waals surface area (Å²) in [5, 5.41) is 9.95. The highest BCUT2D eigenvalue weighted by Gasteiger charge is 2.10. The van der Waals surface area contributed by atoms with Crippen LogP contribution >= 0.6 is 11.8 Å². The molecule has 7 heteroatoms. The van der Waals surface area contributed by atoms with E-state index in [1.165, 1.54) is 11.8 Å². The smallest absolute Gasteiger partial charge is 0.408 e. The number of aryl methyl sites for hydroxylation is 1. The van der Waals surface area contributed by atoms with Gasteiger partial charge in [0, 0.05) is 19.3 Å². The summed E-state index contributed by atoms with van der Waals surface area (Å²) in [4.78, 5) is 16.1. The van der Waals surface area contributed by atoms with Gasteiger partial charge in [-0.05, 0) is 12.1 Å². The predicted molar refractivity (Wildman–Crippen MR) is 80.3 cm³/mol.